The zero-order valence-electron chi connectivity index (χ0n) is 10.3. The van der Waals surface area contributed by atoms with Gasteiger partial charge in [0.1, 0.15) is 0 Å². The third kappa shape index (κ3) is 2.53. The van der Waals surface area contributed by atoms with E-state index in [4.69, 9.17) is 4.84 Å². The van der Waals surface area contributed by atoms with Crippen LogP contribution in [0.25, 0.3) is 0 Å². The summed E-state index contributed by atoms with van der Waals surface area (Å²) in [7, 11) is 0. The van der Waals surface area contributed by atoms with Crippen LogP contribution in [0.15, 0.2) is 22.7 Å². The summed E-state index contributed by atoms with van der Waals surface area (Å²) in [5.41, 5.74) is 1.84. The van der Waals surface area contributed by atoms with E-state index in [-0.39, 0.29) is 5.91 Å². The molecule has 0 radical (unpaired) electrons. The topological polar surface area (TPSA) is 29.5 Å². The van der Waals surface area contributed by atoms with E-state index in [0.717, 1.165) is 10.0 Å². The maximum absolute atomic E-state index is 12.0. The number of hydrogen-bond acceptors (Lipinski definition) is 2. The molecule has 0 atom stereocenters. The van der Waals surface area contributed by atoms with E-state index in [1.807, 2.05) is 39.0 Å². The third-order valence-corrected chi connectivity index (χ3v) is 3.65. The van der Waals surface area contributed by atoms with Crippen LogP contribution >= 0.6 is 15.9 Å². The van der Waals surface area contributed by atoms with E-state index in [2.05, 4.69) is 15.9 Å². The minimum absolute atomic E-state index is 0.0463. The molecule has 1 amide bonds. The maximum Gasteiger partial charge on any atom is 0.254 e. The Morgan fingerprint density at radius 2 is 2.18 bits per heavy atom. The first kappa shape index (κ1) is 12.6. The van der Waals surface area contributed by atoms with Gasteiger partial charge in [-0.25, -0.2) is 5.06 Å². The molecule has 1 aromatic rings. The third-order valence-electron chi connectivity index (χ3n) is 2.91. The SMILES string of the molecule is Cc1ccc(CN2OCC(C)(C)C2=O)c(Br)c1. The van der Waals surface area contributed by atoms with Crippen LogP contribution in [0.1, 0.15) is 25.0 Å². The van der Waals surface area contributed by atoms with Gasteiger partial charge in [0.15, 0.2) is 0 Å². The Kier molecular flexibility index (Phi) is 3.27. The highest BCUT2D eigenvalue weighted by atomic mass is 79.9. The Labute approximate surface area is 110 Å². The summed E-state index contributed by atoms with van der Waals surface area (Å²) in [5, 5.41) is 1.45. The van der Waals surface area contributed by atoms with Gasteiger partial charge in [-0.2, -0.15) is 0 Å². The fourth-order valence-electron chi connectivity index (χ4n) is 1.75. The Morgan fingerprint density at radius 3 is 2.71 bits per heavy atom. The number of rotatable bonds is 2. The molecule has 1 fully saturated rings. The first-order valence-electron chi connectivity index (χ1n) is 5.60. The standard InChI is InChI=1S/C13H16BrNO2/c1-9-4-5-10(11(14)6-9)7-15-12(16)13(2,3)8-17-15/h4-6H,7-8H2,1-3H3. The van der Waals surface area contributed by atoms with E-state index in [1.54, 1.807) is 0 Å². The highest BCUT2D eigenvalue weighted by Gasteiger charge is 2.40. The second-order valence-electron chi connectivity index (χ2n) is 5.09. The second kappa shape index (κ2) is 4.42. The van der Waals surface area contributed by atoms with Crippen molar-refractivity contribution in [3.63, 3.8) is 0 Å². The van der Waals surface area contributed by atoms with E-state index < -0.39 is 5.41 Å². The van der Waals surface area contributed by atoms with Crippen molar-refractivity contribution in [3.8, 4) is 0 Å². The predicted octanol–water partition coefficient (Wildman–Crippen LogP) is 3.06. The summed E-state index contributed by atoms with van der Waals surface area (Å²) >= 11 is 3.51. The highest BCUT2D eigenvalue weighted by Crippen LogP contribution is 2.29. The fourth-order valence-corrected chi connectivity index (χ4v) is 2.37. The van der Waals surface area contributed by atoms with Crippen LogP contribution < -0.4 is 0 Å². The van der Waals surface area contributed by atoms with E-state index in [9.17, 15) is 4.79 Å². The zero-order valence-corrected chi connectivity index (χ0v) is 11.9. The number of aryl methyl sites for hydroxylation is 1. The summed E-state index contributed by atoms with van der Waals surface area (Å²) in [6.07, 6.45) is 0. The summed E-state index contributed by atoms with van der Waals surface area (Å²) in [6, 6.07) is 6.09. The Hall–Kier alpha value is -0.870. The lowest BCUT2D eigenvalue weighted by atomic mass is 9.95. The molecular formula is C13H16BrNO2. The van der Waals surface area contributed by atoms with Crippen molar-refractivity contribution in [2.45, 2.75) is 27.3 Å². The lowest BCUT2D eigenvalue weighted by Crippen LogP contribution is -2.30. The molecule has 0 aromatic heterocycles. The van der Waals surface area contributed by atoms with Gasteiger partial charge >= 0.3 is 0 Å². The van der Waals surface area contributed by atoms with E-state index >= 15 is 0 Å². The van der Waals surface area contributed by atoms with Crippen LogP contribution in [-0.2, 0) is 16.2 Å². The van der Waals surface area contributed by atoms with Crippen LogP contribution in [0.2, 0.25) is 0 Å². The predicted molar refractivity (Wildman–Crippen MR) is 69.2 cm³/mol. The molecule has 4 heteroatoms. The van der Waals surface area contributed by atoms with Gasteiger partial charge in [0.05, 0.1) is 18.6 Å². The smallest absolute Gasteiger partial charge is 0.254 e. The average Bonchev–Trinajstić information content (AvgIpc) is 2.49. The molecule has 1 heterocycles. The maximum atomic E-state index is 12.0. The van der Waals surface area contributed by atoms with Crippen molar-refractivity contribution < 1.29 is 9.63 Å². The first-order valence-corrected chi connectivity index (χ1v) is 6.39. The molecular weight excluding hydrogens is 282 g/mol. The molecule has 1 aromatic carbocycles. The molecule has 0 spiro atoms. The normalized spacial score (nSPS) is 18.8. The number of nitrogens with zero attached hydrogens (tertiary/aromatic N) is 1. The van der Waals surface area contributed by atoms with E-state index in [0.29, 0.717) is 13.2 Å². The molecule has 1 aliphatic heterocycles. The molecule has 0 bridgehead atoms. The molecule has 0 unspecified atom stereocenters. The van der Waals surface area contributed by atoms with Gasteiger partial charge in [-0.3, -0.25) is 9.63 Å². The number of hydroxylamine groups is 2. The highest BCUT2D eigenvalue weighted by molar-refractivity contribution is 9.10. The molecule has 3 nitrogen and oxygen atoms in total. The Morgan fingerprint density at radius 1 is 1.47 bits per heavy atom. The van der Waals surface area contributed by atoms with Crippen molar-refractivity contribution in [2.24, 2.45) is 5.41 Å². The first-order chi connectivity index (χ1) is 7.90. The molecule has 1 aliphatic rings. The van der Waals surface area contributed by atoms with Crippen molar-refractivity contribution in [1.29, 1.82) is 0 Å². The second-order valence-corrected chi connectivity index (χ2v) is 5.95. The van der Waals surface area contributed by atoms with Gasteiger partial charge in [0.2, 0.25) is 0 Å². The quantitative estimate of drug-likeness (QED) is 0.840. The van der Waals surface area contributed by atoms with Crippen LogP contribution in [0.4, 0.5) is 0 Å². The minimum Gasteiger partial charge on any atom is -0.272 e. The number of halogens is 1. The van der Waals surface area contributed by atoms with Crippen LogP contribution in [0.5, 0.6) is 0 Å². The van der Waals surface area contributed by atoms with Gasteiger partial charge in [-0.05, 0) is 38.0 Å². The zero-order chi connectivity index (χ0) is 12.6. The van der Waals surface area contributed by atoms with Gasteiger partial charge in [0.25, 0.3) is 5.91 Å². The summed E-state index contributed by atoms with van der Waals surface area (Å²) in [5.74, 6) is 0.0463. The molecule has 1 saturated heterocycles. The number of amides is 1. The van der Waals surface area contributed by atoms with Gasteiger partial charge in [-0.15, -0.1) is 0 Å². The monoisotopic (exact) mass is 297 g/mol. The summed E-state index contributed by atoms with van der Waals surface area (Å²) in [4.78, 5) is 17.4. The van der Waals surface area contributed by atoms with Crippen LogP contribution in [0.3, 0.4) is 0 Å². The minimum atomic E-state index is -0.406. The molecule has 0 saturated carbocycles. The fraction of sp³-hybridized carbons (Fsp3) is 0.462. The number of hydrogen-bond donors (Lipinski definition) is 0. The molecule has 0 N–H and O–H groups in total. The number of carbonyl (C=O) groups is 1. The van der Waals surface area contributed by atoms with Crippen LogP contribution in [-0.4, -0.2) is 17.6 Å². The largest absolute Gasteiger partial charge is 0.272 e. The Balaban J connectivity index is 2.15. The van der Waals surface area contributed by atoms with Gasteiger partial charge < -0.3 is 0 Å². The molecule has 17 heavy (non-hydrogen) atoms. The van der Waals surface area contributed by atoms with Crippen LogP contribution in [0, 0.1) is 12.3 Å². The average molecular weight is 298 g/mol. The molecule has 2 rings (SSSR count). The van der Waals surface area contributed by atoms with Gasteiger partial charge in [-0.1, -0.05) is 28.1 Å². The van der Waals surface area contributed by atoms with Crippen molar-refractivity contribution in [2.75, 3.05) is 6.61 Å². The summed E-state index contributed by atoms with van der Waals surface area (Å²) < 4.78 is 1.01. The summed E-state index contributed by atoms with van der Waals surface area (Å²) in [6.45, 7) is 6.78. The Bertz CT molecular complexity index is 457. The number of benzene rings is 1. The van der Waals surface area contributed by atoms with Crippen molar-refractivity contribution in [3.05, 3.63) is 33.8 Å². The molecule has 0 aliphatic carbocycles. The molecule has 92 valence electrons. The number of carbonyl (C=O) groups excluding carboxylic acids is 1. The lowest BCUT2D eigenvalue weighted by Gasteiger charge is -2.17. The van der Waals surface area contributed by atoms with E-state index in [1.165, 1.54) is 10.6 Å². The van der Waals surface area contributed by atoms with Crippen molar-refractivity contribution >= 4 is 21.8 Å². The lowest BCUT2D eigenvalue weighted by molar-refractivity contribution is -0.165. The van der Waals surface area contributed by atoms with Gasteiger partial charge in [0, 0.05) is 4.47 Å². The van der Waals surface area contributed by atoms with Crippen molar-refractivity contribution in [1.82, 2.24) is 5.06 Å².